The van der Waals surface area contributed by atoms with Crippen LogP contribution in [-0.2, 0) is 5.54 Å². The summed E-state index contributed by atoms with van der Waals surface area (Å²) in [5, 5.41) is 3.18. The summed E-state index contributed by atoms with van der Waals surface area (Å²) >= 11 is 1.71. The lowest BCUT2D eigenvalue weighted by Crippen LogP contribution is -2.46. The number of nitrogens with zero attached hydrogens (tertiary/aromatic N) is 1. The summed E-state index contributed by atoms with van der Waals surface area (Å²) in [6.45, 7) is 2.24. The minimum Gasteiger partial charge on any atom is -0.319 e. The maximum atomic E-state index is 6.53. The average molecular weight is 210 g/mol. The summed E-state index contributed by atoms with van der Waals surface area (Å²) in [5.41, 5.74) is 6.40. The van der Waals surface area contributed by atoms with Crippen LogP contribution in [0, 0.1) is 5.92 Å². The summed E-state index contributed by atoms with van der Waals surface area (Å²) in [6, 6.07) is 0. The molecule has 3 heteroatoms. The Morgan fingerprint density at radius 2 is 2.50 bits per heavy atom. The molecule has 0 bridgehead atoms. The van der Waals surface area contributed by atoms with Crippen molar-refractivity contribution in [3.8, 4) is 0 Å². The van der Waals surface area contributed by atoms with Gasteiger partial charge >= 0.3 is 0 Å². The second-order valence-electron chi connectivity index (χ2n) is 4.23. The Bertz CT molecular complexity index is 283. The van der Waals surface area contributed by atoms with E-state index in [2.05, 4.69) is 11.9 Å². The molecule has 1 saturated carbocycles. The predicted octanol–water partition coefficient (Wildman–Crippen LogP) is 2.90. The summed E-state index contributed by atoms with van der Waals surface area (Å²) in [6.07, 6.45) is 8.02. The molecule has 1 fully saturated rings. The van der Waals surface area contributed by atoms with Gasteiger partial charge in [-0.2, -0.15) is 0 Å². The molecule has 0 amide bonds. The van der Waals surface area contributed by atoms with E-state index in [4.69, 9.17) is 5.73 Å². The van der Waals surface area contributed by atoms with Gasteiger partial charge in [0, 0.05) is 11.6 Å². The fourth-order valence-electron chi connectivity index (χ4n) is 2.57. The molecular weight excluding hydrogens is 192 g/mol. The molecule has 0 aromatic carbocycles. The third kappa shape index (κ3) is 1.59. The van der Waals surface area contributed by atoms with Crippen LogP contribution in [0.5, 0.6) is 0 Å². The molecule has 2 nitrogen and oxygen atoms in total. The Hall–Kier alpha value is -0.410. The summed E-state index contributed by atoms with van der Waals surface area (Å²) < 4.78 is 0. The van der Waals surface area contributed by atoms with E-state index in [1.807, 2.05) is 11.6 Å². The second-order valence-corrected chi connectivity index (χ2v) is 5.12. The highest BCUT2D eigenvalue weighted by Crippen LogP contribution is 2.41. The first kappa shape index (κ1) is 10.1. The first-order valence-corrected chi connectivity index (χ1v) is 6.34. The molecule has 1 heterocycles. The Morgan fingerprint density at radius 1 is 1.64 bits per heavy atom. The van der Waals surface area contributed by atoms with E-state index in [0.29, 0.717) is 5.92 Å². The first-order valence-electron chi connectivity index (χ1n) is 5.46. The van der Waals surface area contributed by atoms with Crippen LogP contribution in [0.2, 0.25) is 0 Å². The average Bonchev–Trinajstić information content (AvgIpc) is 2.72. The van der Waals surface area contributed by atoms with Crippen molar-refractivity contribution >= 4 is 11.3 Å². The normalized spacial score (nSPS) is 33.1. The monoisotopic (exact) mass is 210 g/mol. The Kier molecular flexibility index (Phi) is 2.88. The largest absolute Gasteiger partial charge is 0.319 e. The summed E-state index contributed by atoms with van der Waals surface area (Å²) in [7, 11) is 0. The van der Waals surface area contributed by atoms with Crippen molar-refractivity contribution in [1.82, 2.24) is 4.98 Å². The highest BCUT2D eigenvalue weighted by molar-refractivity contribution is 7.09. The van der Waals surface area contributed by atoms with E-state index < -0.39 is 0 Å². The highest BCUT2D eigenvalue weighted by Gasteiger charge is 2.39. The molecule has 2 rings (SSSR count). The number of rotatable bonds is 2. The number of hydrogen-bond donors (Lipinski definition) is 1. The van der Waals surface area contributed by atoms with Crippen molar-refractivity contribution in [1.29, 1.82) is 0 Å². The lowest BCUT2D eigenvalue weighted by Gasteiger charge is -2.39. The molecule has 2 unspecified atom stereocenters. The smallest absolute Gasteiger partial charge is 0.113 e. The fraction of sp³-hybridized carbons (Fsp3) is 0.727. The van der Waals surface area contributed by atoms with Crippen LogP contribution >= 0.6 is 11.3 Å². The molecule has 78 valence electrons. The van der Waals surface area contributed by atoms with E-state index in [1.165, 1.54) is 25.7 Å². The van der Waals surface area contributed by atoms with Gasteiger partial charge in [0.2, 0.25) is 0 Å². The van der Waals surface area contributed by atoms with E-state index in [0.717, 1.165) is 11.4 Å². The van der Waals surface area contributed by atoms with Gasteiger partial charge in [0.15, 0.2) is 0 Å². The lowest BCUT2D eigenvalue weighted by molar-refractivity contribution is 0.183. The predicted molar refractivity (Wildman–Crippen MR) is 60.2 cm³/mol. The molecular formula is C11H18N2S. The van der Waals surface area contributed by atoms with Crippen molar-refractivity contribution in [3.63, 3.8) is 0 Å². The quantitative estimate of drug-likeness (QED) is 0.815. The molecule has 2 N–H and O–H groups in total. The minimum atomic E-state index is -0.124. The molecule has 2 atom stereocenters. The highest BCUT2D eigenvalue weighted by atomic mass is 32.1. The van der Waals surface area contributed by atoms with Gasteiger partial charge in [-0.25, -0.2) is 4.98 Å². The molecule has 0 saturated heterocycles. The van der Waals surface area contributed by atoms with E-state index in [1.54, 1.807) is 11.3 Å². The summed E-state index contributed by atoms with van der Waals surface area (Å²) in [5.74, 6) is 0.627. The van der Waals surface area contributed by atoms with Crippen molar-refractivity contribution in [2.24, 2.45) is 11.7 Å². The summed E-state index contributed by atoms with van der Waals surface area (Å²) in [4.78, 5) is 4.40. The number of aromatic nitrogens is 1. The Morgan fingerprint density at radius 3 is 3.14 bits per heavy atom. The van der Waals surface area contributed by atoms with Gasteiger partial charge in [0.1, 0.15) is 5.01 Å². The van der Waals surface area contributed by atoms with Gasteiger partial charge < -0.3 is 5.73 Å². The SMILES string of the molecule is CCC1CCCCC1(N)c1nccs1. The molecule has 1 aromatic heterocycles. The zero-order chi connectivity index (χ0) is 10.0. The van der Waals surface area contributed by atoms with Crippen LogP contribution in [0.1, 0.15) is 44.0 Å². The topological polar surface area (TPSA) is 38.9 Å². The molecule has 1 aliphatic carbocycles. The molecule has 1 aromatic rings. The van der Waals surface area contributed by atoms with Crippen LogP contribution in [0.15, 0.2) is 11.6 Å². The van der Waals surface area contributed by atoms with Gasteiger partial charge in [-0.15, -0.1) is 11.3 Å². The van der Waals surface area contributed by atoms with Gasteiger partial charge in [-0.3, -0.25) is 0 Å². The van der Waals surface area contributed by atoms with Crippen LogP contribution in [0.25, 0.3) is 0 Å². The lowest BCUT2D eigenvalue weighted by atomic mass is 9.72. The maximum absolute atomic E-state index is 6.53. The van der Waals surface area contributed by atoms with Gasteiger partial charge in [-0.05, 0) is 18.8 Å². The zero-order valence-corrected chi connectivity index (χ0v) is 9.52. The van der Waals surface area contributed by atoms with Gasteiger partial charge in [0.05, 0.1) is 5.54 Å². The fourth-order valence-corrected chi connectivity index (χ4v) is 3.43. The first-order chi connectivity index (χ1) is 6.77. The van der Waals surface area contributed by atoms with Crippen molar-refractivity contribution in [2.75, 3.05) is 0 Å². The minimum absolute atomic E-state index is 0.124. The number of thiazole rings is 1. The number of nitrogens with two attached hydrogens (primary N) is 1. The molecule has 0 aliphatic heterocycles. The van der Waals surface area contributed by atoms with Gasteiger partial charge in [0.25, 0.3) is 0 Å². The Labute approximate surface area is 89.5 Å². The van der Waals surface area contributed by atoms with Crippen molar-refractivity contribution in [2.45, 2.75) is 44.6 Å². The van der Waals surface area contributed by atoms with Crippen molar-refractivity contribution < 1.29 is 0 Å². The van der Waals surface area contributed by atoms with Crippen molar-refractivity contribution in [3.05, 3.63) is 16.6 Å². The zero-order valence-electron chi connectivity index (χ0n) is 8.70. The Balaban J connectivity index is 2.27. The van der Waals surface area contributed by atoms with Crippen LogP contribution in [0.3, 0.4) is 0 Å². The third-order valence-electron chi connectivity index (χ3n) is 3.44. The van der Waals surface area contributed by atoms with E-state index in [-0.39, 0.29) is 5.54 Å². The van der Waals surface area contributed by atoms with Crippen LogP contribution < -0.4 is 5.73 Å². The van der Waals surface area contributed by atoms with E-state index in [9.17, 15) is 0 Å². The maximum Gasteiger partial charge on any atom is 0.113 e. The van der Waals surface area contributed by atoms with Gasteiger partial charge in [-0.1, -0.05) is 26.2 Å². The van der Waals surface area contributed by atoms with Crippen LogP contribution in [-0.4, -0.2) is 4.98 Å². The molecule has 0 radical (unpaired) electrons. The second kappa shape index (κ2) is 3.99. The molecule has 0 spiro atoms. The third-order valence-corrected chi connectivity index (χ3v) is 4.41. The standard InChI is InChI=1S/C11H18N2S/c1-2-9-5-3-4-6-11(9,12)10-13-7-8-14-10/h7-9H,2-6,12H2,1H3. The molecule has 1 aliphatic rings. The number of hydrogen-bond acceptors (Lipinski definition) is 3. The van der Waals surface area contributed by atoms with E-state index >= 15 is 0 Å². The molecule has 14 heavy (non-hydrogen) atoms. The van der Waals surface area contributed by atoms with Crippen LogP contribution in [0.4, 0.5) is 0 Å².